The molecule has 0 aliphatic carbocycles. The van der Waals surface area contributed by atoms with Gasteiger partial charge in [0.25, 0.3) is 0 Å². The van der Waals surface area contributed by atoms with Gasteiger partial charge in [0.15, 0.2) is 0 Å². The maximum Gasteiger partial charge on any atom is 0.311 e. The van der Waals surface area contributed by atoms with E-state index in [2.05, 4.69) is 53.4 Å². The predicted octanol–water partition coefficient (Wildman–Crippen LogP) is 6.67. The standard InChI is InChI=1S/C30H36BrO4P/c1-7-35-29(33)30(4,5)21-24(28(32)34-6)20-27(31)22(2)18-19-23(3)36(25-14-10-8-11-15-25)26-16-12-9-13-17-26/h8-19,24,27H,2-3,7,20-21H2,1,4-6H3/b19-18-. The van der Waals surface area contributed by atoms with Crippen LogP contribution in [0.1, 0.15) is 33.6 Å². The van der Waals surface area contributed by atoms with Crippen LogP contribution in [0.3, 0.4) is 0 Å². The molecule has 6 heteroatoms. The highest BCUT2D eigenvalue weighted by Gasteiger charge is 2.36. The van der Waals surface area contributed by atoms with Gasteiger partial charge in [-0.1, -0.05) is 102 Å². The molecule has 0 amide bonds. The molecule has 0 radical (unpaired) electrons. The number of methoxy groups -OCH3 is 1. The zero-order chi connectivity index (χ0) is 26.7. The maximum atomic E-state index is 12.5. The van der Waals surface area contributed by atoms with E-state index in [9.17, 15) is 9.59 Å². The third-order valence-electron chi connectivity index (χ3n) is 5.82. The van der Waals surface area contributed by atoms with Gasteiger partial charge < -0.3 is 9.47 Å². The van der Waals surface area contributed by atoms with Crippen LogP contribution < -0.4 is 10.6 Å². The zero-order valence-corrected chi connectivity index (χ0v) is 24.1. The second-order valence-corrected chi connectivity index (χ2v) is 12.5. The fourth-order valence-corrected chi connectivity index (χ4v) is 6.60. The lowest BCUT2D eigenvalue weighted by molar-refractivity contribution is -0.156. The summed E-state index contributed by atoms with van der Waals surface area (Å²) >= 11 is 3.69. The molecule has 2 aromatic carbocycles. The van der Waals surface area contributed by atoms with Crippen LogP contribution in [0.5, 0.6) is 0 Å². The van der Waals surface area contributed by atoms with E-state index in [0.717, 1.165) is 10.9 Å². The minimum atomic E-state index is -0.811. The molecule has 2 aromatic rings. The number of ether oxygens (including phenoxy) is 2. The number of hydrogen-bond acceptors (Lipinski definition) is 4. The van der Waals surface area contributed by atoms with Crippen molar-refractivity contribution in [3.63, 3.8) is 0 Å². The van der Waals surface area contributed by atoms with E-state index in [1.54, 1.807) is 20.8 Å². The number of halogens is 1. The van der Waals surface area contributed by atoms with Gasteiger partial charge in [0.05, 0.1) is 25.0 Å². The normalized spacial score (nSPS) is 13.3. The van der Waals surface area contributed by atoms with Crippen LogP contribution in [-0.2, 0) is 19.1 Å². The molecule has 0 fully saturated rings. The van der Waals surface area contributed by atoms with Crippen LogP contribution in [0.25, 0.3) is 0 Å². The monoisotopic (exact) mass is 570 g/mol. The van der Waals surface area contributed by atoms with Gasteiger partial charge >= 0.3 is 11.9 Å². The van der Waals surface area contributed by atoms with Gasteiger partial charge in [-0.05, 0) is 63.0 Å². The number of alkyl halides is 1. The van der Waals surface area contributed by atoms with E-state index < -0.39 is 19.3 Å². The minimum absolute atomic E-state index is 0.177. The molecule has 0 spiro atoms. The van der Waals surface area contributed by atoms with E-state index >= 15 is 0 Å². The Labute approximate surface area is 225 Å². The van der Waals surface area contributed by atoms with Crippen molar-refractivity contribution in [3.05, 3.63) is 96.9 Å². The molecule has 192 valence electrons. The van der Waals surface area contributed by atoms with Crippen molar-refractivity contribution < 1.29 is 19.1 Å². The topological polar surface area (TPSA) is 52.6 Å². The van der Waals surface area contributed by atoms with Gasteiger partial charge in [-0.2, -0.15) is 0 Å². The second-order valence-electron chi connectivity index (χ2n) is 9.14. The van der Waals surface area contributed by atoms with E-state index in [1.807, 2.05) is 48.6 Å². The molecule has 0 saturated heterocycles. The molecule has 0 aliphatic heterocycles. The average molecular weight is 571 g/mol. The fraction of sp³-hybridized carbons (Fsp3) is 0.333. The largest absolute Gasteiger partial charge is 0.469 e. The predicted molar refractivity (Wildman–Crippen MR) is 154 cm³/mol. The first-order valence-electron chi connectivity index (χ1n) is 12.0. The third kappa shape index (κ3) is 8.57. The van der Waals surface area contributed by atoms with E-state index in [4.69, 9.17) is 9.47 Å². The molecular formula is C30H36BrO4P. The lowest BCUT2D eigenvalue weighted by Gasteiger charge is -2.27. The van der Waals surface area contributed by atoms with E-state index in [-0.39, 0.29) is 16.8 Å². The van der Waals surface area contributed by atoms with Gasteiger partial charge in [0.1, 0.15) is 0 Å². The van der Waals surface area contributed by atoms with Crippen molar-refractivity contribution in [3.8, 4) is 0 Å². The summed E-state index contributed by atoms with van der Waals surface area (Å²) in [6.07, 6.45) is 4.72. The van der Waals surface area contributed by atoms with Gasteiger partial charge in [0.2, 0.25) is 0 Å². The summed E-state index contributed by atoms with van der Waals surface area (Å²) in [4.78, 5) is 24.7. The molecule has 0 bridgehead atoms. The Morgan fingerprint density at radius 1 is 1.00 bits per heavy atom. The first-order valence-corrected chi connectivity index (χ1v) is 14.2. The summed E-state index contributed by atoms with van der Waals surface area (Å²) in [6.45, 7) is 14.3. The summed E-state index contributed by atoms with van der Waals surface area (Å²) in [5.74, 6) is -1.16. The van der Waals surface area contributed by atoms with Crippen LogP contribution in [0.2, 0.25) is 0 Å². The number of esters is 2. The molecule has 4 nitrogen and oxygen atoms in total. The van der Waals surface area contributed by atoms with Crippen molar-refractivity contribution in [2.45, 2.75) is 38.4 Å². The van der Waals surface area contributed by atoms with Gasteiger partial charge in [0, 0.05) is 4.83 Å². The summed E-state index contributed by atoms with van der Waals surface area (Å²) in [5.41, 5.74) is 0.00361. The number of hydrogen-bond donors (Lipinski definition) is 0. The van der Waals surface area contributed by atoms with Crippen LogP contribution in [-0.4, -0.2) is 30.5 Å². The molecule has 2 atom stereocenters. The highest BCUT2D eigenvalue weighted by Crippen LogP contribution is 2.42. The SMILES string of the molecule is C=C(/C=C\C(=C)P(c1ccccc1)c1ccccc1)C(Br)CC(CC(C)(C)C(=O)OCC)C(=O)OC. The van der Waals surface area contributed by atoms with Crippen LogP contribution in [0.4, 0.5) is 0 Å². The van der Waals surface area contributed by atoms with Crippen molar-refractivity contribution in [1.82, 2.24) is 0 Å². The fourth-order valence-electron chi connectivity index (χ4n) is 3.87. The highest BCUT2D eigenvalue weighted by atomic mass is 79.9. The Bertz CT molecular complexity index is 1020. The molecule has 36 heavy (non-hydrogen) atoms. The van der Waals surface area contributed by atoms with Gasteiger partial charge in [-0.25, -0.2) is 0 Å². The molecule has 0 saturated carbocycles. The van der Waals surface area contributed by atoms with Crippen LogP contribution >= 0.6 is 23.9 Å². The van der Waals surface area contributed by atoms with Gasteiger partial charge in [-0.15, -0.1) is 0 Å². The summed E-state index contributed by atoms with van der Waals surface area (Å²) < 4.78 is 10.2. The zero-order valence-electron chi connectivity index (χ0n) is 21.6. The molecule has 2 rings (SSSR count). The average Bonchev–Trinajstić information content (AvgIpc) is 2.87. The van der Waals surface area contributed by atoms with Crippen LogP contribution in [0, 0.1) is 11.3 Å². The number of allylic oxidation sites excluding steroid dienone is 4. The Kier molecular flexibility index (Phi) is 11.8. The molecule has 0 N–H and O–H groups in total. The van der Waals surface area contributed by atoms with E-state index in [1.165, 1.54) is 17.7 Å². The summed E-state index contributed by atoms with van der Waals surface area (Å²) in [7, 11) is 0.581. The third-order valence-corrected chi connectivity index (χ3v) is 9.13. The number of rotatable bonds is 13. The lowest BCUT2D eigenvalue weighted by atomic mass is 9.80. The van der Waals surface area contributed by atoms with Crippen LogP contribution in [0.15, 0.2) is 96.9 Å². The van der Waals surface area contributed by atoms with Crippen molar-refractivity contribution in [2.24, 2.45) is 11.3 Å². The Balaban J connectivity index is 2.16. The highest BCUT2D eigenvalue weighted by molar-refractivity contribution is 9.09. The smallest absolute Gasteiger partial charge is 0.311 e. The quantitative estimate of drug-likeness (QED) is 0.117. The Morgan fingerprint density at radius 3 is 2.00 bits per heavy atom. The maximum absolute atomic E-state index is 12.5. The van der Waals surface area contributed by atoms with Gasteiger partial charge in [-0.3, -0.25) is 9.59 Å². The Morgan fingerprint density at radius 2 is 1.53 bits per heavy atom. The molecule has 2 unspecified atom stereocenters. The lowest BCUT2D eigenvalue weighted by Crippen LogP contribution is -2.33. The number of carbonyl (C=O) groups is 2. The van der Waals surface area contributed by atoms with E-state index in [0.29, 0.717) is 19.4 Å². The van der Waals surface area contributed by atoms with Crippen molar-refractivity contribution in [2.75, 3.05) is 13.7 Å². The molecule has 0 aliphatic rings. The van der Waals surface area contributed by atoms with Crippen molar-refractivity contribution >= 4 is 46.4 Å². The Hall–Kier alpha value is -2.49. The minimum Gasteiger partial charge on any atom is -0.469 e. The second kappa shape index (κ2) is 14.3. The number of carbonyl (C=O) groups excluding carboxylic acids is 2. The molecule has 0 aromatic heterocycles. The molecular weight excluding hydrogens is 535 g/mol. The summed E-state index contributed by atoms with van der Waals surface area (Å²) in [6, 6.07) is 20.7. The van der Waals surface area contributed by atoms with Crippen molar-refractivity contribution in [1.29, 1.82) is 0 Å². The summed E-state index contributed by atoms with van der Waals surface area (Å²) in [5, 5.41) is 3.44. The first-order chi connectivity index (χ1) is 17.1. The number of benzene rings is 2. The first kappa shape index (κ1) is 29.7. The molecule has 0 heterocycles.